The van der Waals surface area contributed by atoms with Crippen LogP contribution in [0.2, 0.25) is 0 Å². The van der Waals surface area contributed by atoms with Gasteiger partial charge in [0.1, 0.15) is 12.4 Å². The van der Waals surface area contributed by atoms with Crippen molar-refractivity contribution in [2.24, 2.45) is 0 Å². The number of benzene rings is 1. The van der Waals surface area contributed by atoms with Crippen molar-refractivity contribution in [3.63, 3.8) is 0 Å². The molecule has 0 unspecified atom stereocenters. The number of urea groups is 1. The van der Waals surface area contributed by atoms with Crippen molar-refractivity contribution in [1.82, 2.24) is 15.5 Å². The van der Waals surface area contributed by atoms with Crippen molar-refractivity contribution in [1.29, 1.82) is 0 Å². The van der Waals surface area contributed by atoms with Crippen LogP contribution in [0, 0.1) is 13.8 Å². The molecule has 7 heteroatoms. The van der Waals surface area contributed by atoms with E-state index in [1.807, 2.05) is 38.1 Å². The largest absolute Gasteiger partial charge is 0.491 e. The molecule has 1 fully saturated rings. The minimum atomic E-state index is -0.258. The molecular weight excluding hydrogens is 320 g/mol. The molecule has 1 aromatic carbocycles. The van der Waals surface area contributed by atoms with Crippen molar-refractivity contribution in [2.75, 3.05) is 18.5 Å². The molecule has 2 heterocycles. The third kappa shape index (κ3) is 4.73. The Hall–Kier alpha value is -2.54. The van der Waals surface area contributed by atoms with Gasteiger partial charge in [-0.1, -0.05) is 12.1 Å². The zero-order valence-corrected chi connectivity index (χ0v) is 14.6. The average Bonchev–Trinajstić information content (AvgIpc) is 3.24. The smallest absolute Gasteiger partial charge is 0.319 e. The number of anilines is 1. The van der Waals surface area contributed by atoms with Gasteiger partial charge < -0.3 is 20.1 Å². The summed E-state index contributed by atoms with van der Waals surface area (Å²) in [5.74, 6) is 0.813. The molecule has 2 aromatic rings. The van der Waals surface area contributed by atoms with Crippen molar-refractivity contribution in [2.45, 2.75) is 39.3 Å². The highest BCUT2D eigenvalue weighted by molar-refractivity contribution is 5.90. The maximum absolute atomic E-state index is 12.0. The number of nitrogens with zero attached hydrogens (tertiary/aromatic N) is 1. The van der Waals surface area contributed by atoms with Gasteiger partial charge in [0, 0.05) is 13.2 Å². The van der Waals surface area contributed by atoms with E-state index in [1.54, 1.807) is 0 Å². The summed E-state index contributed by atoms with van der Waals surface area (Å²) in [6.07, 6.45) is 2.38. The summed E-state index contributed by atoms with van der Waals surface area (Å²) >= 11 is 0. The molecule has 3 N–H and O–H groups in total. The van der Waals surface area contributed by atoms with Crippen LogP contribution in [0.15, 0.2) is 24.3 Å². The minimum Gasteiger partial charge on any atom is -0.491 e. The Balaban J connectivity index is 1.44. The summed E-state index contributed by atoms with van der Waals surface area (Å²) in [5.41, 5.74) is 3.32. The van der Waals surface area contributed by atoms with Gasteiger partial charge in [-0.3, -0.25) is 5.10 Å². The molecule has 3 rings (SSSR count). The molecule has 1 atom stereocenters. The van der Waals surface area contributed by atoms with E-state index < -0.39 is 0 Å². The summed E-state index contributed by atoms with van der Waals surface area (Å²) < 4.78 is 11.3. The second-order valence-corrected chi connectivity index (χ2v) is 6.21. The maximum atomic E-state index is 12.0. The zero-order chi connectivity index (χ0) is 17.6. The fourth-order valence-electron chi connectivity index (χ4n) is 2.74. The molecule has 0 spiro atoms. The summed E-state index contributed by atoms with van der Waals surface area (Å²) in [5, 5.41) is 12.5. The van der Waals surface area contributed by atoms with Crippen LogP contribution in [0.3, 0.4) is 0 Å². The van der Waals surface area contributed by atoms with Crippen LogP contribution in [0.1, 0.15) is 29.8 Å². The van der Waals surface area contributed by atoms with Crippen LogP contribution in [0.25, 0.3) is 0 Å². The molecule has 1 aliphatic rings. The van der Waals surface area contributed by atoms with Gasteiger partial charge in [0.25, 0.3) is 0 Å². The monoisotopic (exact) mass is 344 g/mol. The van der Waals surface area contributed by atoms with E-state index in [-0.39, 0.29) is 12.1 Å². The van der Waals surface area contributed by atoms with Crippen LogP contribution >= 0.6 is 0 Å². The highest BCUT2D eigenvalue weighted by Crippen LogP contribution is 2.17. The summed E-state index contributed by atoms with van der Waals surface area (Å²) in [6, 6.07) is 7.45. The topological polar surface area (TPSA) is 88.3 Å². The molecule has 134 valence electrons. The fourth-order valence-corrected chi connectivity index (χ4v) is 2.74. The van der Waals surface area contributed by atoms with Gasteiger partial charge in [-0.25, -0.2) is 4.79 Å². The Morgan fingerprint density at radius 3 is 2.80 bits per heavy atom. The normalized spacial score (nSPS) is 16.6. The molecule has 7 nitrogen and oxygen atoms in total. The SMILES string of the molecule is Cc1n[nH]c(C)c1NC(=O)NCc1ccc(OC[C@@H]2CCCO2)cc1. The minimum absolute atomic E-state index is 0.208. The van der Waals surface area contributed by atoms with Crippen molar-refractivity contribution in [3.8, 4) is 5.75 Å². The standard InChI is InChI=1S/C18H24N4O3/c1-12-17(13(2)22-21-12)20-18(23)19-10-14-5-7-15(8-6-14)25-11-16-4-3-9-24-16/h5-8,16H,3-4,9-11H2,1-2H3,(H,21,22)(H2,19,20,23)/t16-/m0/s1. The maximum Gasteiger partial charge on any atom is 0.319 e. The number of aryl methyl sites for hydroxylation is 2. The van der Waals surface area contributed by atoms with Crippen molar-refractivity contribution < 1.29 is 14.3 Å². The molecule has 0 radical (unpaired) electrons. The number of amides is 2. The third-order valence-electron chi connectivity index (χ3n) is 4.20. The van der Waals surface area contributed by atoms with Gasteiger partial charge in [0.05, 0.1) is 23.2 Å². The van der Waals surface area contributed by atoms with Gasteiger partial charge in [-0.05, 0) is 44.4 Å². The molecule has 0 bridgehead atoms. The van der Waals surface area contributed by atoms with E-state index in [4.69, 9.17) is 9.47 Å². The van der Waals surface area contributed by atoms with E-state index in [9.17, 15) is 4.79 Å². The molecule has 1 aromatic heterocycles. The van der Waals surface area contributed by atoms with Crippen molar-refractivity contribution >= 4 is 11.7 Å². The number of nitrogens with one attached hydrogen (secondary N) is 3. The molecular formula is C18H24N4O3. The number of ether oxygens (including phenoxy) is 2. The second-order valence-electron chi connectivity index (χ2n) is 6.21. The highest BCUT2D eigenvalue weighted by atomic mass is 16.5. The lowest BCUT2D eigenvalue weighted by molar-refractivity contribution is 0.0679. The summed E-state index contributed by atoms with van der Waals surface area (Å²) in [6.45, 7) is 5.56. The quantitative estimate of drug-likeness (QED) is 0.752. The first-order valence-electron chi connectivity index (χ1n) is 8.51. The summed E-state index contributed by atoms with van der Waals surface area (Å²) in [4.78, 5) is 12.0. The van der Waals surface area contributed by atoms with Gasteiger partial charge in [-0.15, -0.1) is 0 Å². The zero-order valence-electron chi connectivity index (χ0n) is 14.6. The van der Waals surface area contributed by atoms with Gasteiger partial charge in [0.15, 0.2) is 0 Å². The molecule has 1 aliphatic heterocycles. The van der Waals surface area contributed by atoms with Crippen molar-refractivity contribution in [3.05, 3.63) is 41.2 Å². The summed E-state index contributed by atoms with van der Waals surface area (Å²) in [7, 11) is 0. The Labute approximate surface area is 147 Å². The van der Waals surface area contributed by atoms with Crippen LogP contribution in [-0.4, -0.2) is 35.5 Å². The number of carbonyl (C=O) groups excluding carboxylic acids is 1. The Kier molecular flexibility index (Phi) is 5.55. The van der Waals surface area contributed by atoms with E-state index in [1.165, 1.54) is 0 Å². The Morgan fingerprint density at radius 1 is 1.36 bits per heavy atom. The highest BCUT2D eigenvalue weighted by Gasteiger charge is 2.16. The number of H-pyrrole nitrogens is 1. The van der Waals surface area contributed by atoms with Gasteiger partial charge >= 0.3 is 6.03 Å². The van der Waals surface area contributed by atoms with E-state index >= 15 is 0 Å². The first-order chi connectivity index (χ1) is 12.1. The lowest BCUT2D eigenvalue weighted by Gasteiger charge is -2.12. The van der Waals surface area contributed by atoms with Crippen LogP contribution < -0.4 is 15.4 Å². The van der Waals surface area contributed by atoms with E-state index in [0.29, 0.717) is 13.2 Å². The molecule has 2 amide bonds. The second kappa shape index (κ2) is 8.02. The van der Waals surface area contributed by atoms with Gasteiger partial charge in [0.2, 0.25) is 0 Å². The number of hydrogen-bond donors (Lipinski definition) is 3. The van der Waals surface area contributed by atoms with Crippen LogP contribution in [0.4, 0.5) is 10.5 Å². The molecule has 1 saturated heterocycles. The number of carbonyl (C=O) groups is 1. The fraction of sp³-hybridized carbons (Fsp3) is 0.444. The molecule has 0 aliphatic carbocycles. The predicted molar refractivity (Wildman–Crippen MR) is 94.8 cm³/mol. The van der Waals surface area contributed by atoms with Crippen LogP contribution in [-0.2, 0) is 11.3 Å². The lowest BCUT2D eigenvalue weighted by atomic mass is 10.2. The van der Waals surface area contributed by atoms with Crippen LogP contribution in [0.5, 0.6) is 5.75 Å². The number of hydrogen-bond acceptors (Lipinski definition) is 4. The Morgan fingerprint density at radius 2 is 2.16 bits per heavy atom. The first-order valence-corrected chi connectivity index (χ1v) is 8.51. The first kappa shape index (κ1) is 17.3. The molecule has 25 heavy (non-hydrogen) atoms. The Bertz CT molecular complexity index is 686. The third-order valence-corrected chi connectivity index (χ3v) is 4.20. The number of aromatic nitrogens is 2. The van der Waals surface area contributed by atoms with E-state index in [0.717, 1.165) is 47.8 Å². The van der Waals surface area contributed by atoms with Gasteiger partial charge in [-0.2, -0.15) is 5.10 Å². The average molecular weight is 344 g/mol. The predicted octanol–water partition coefficient (Wildman–Crippen LogP) is 2.91. The molecule has 0 saturated carbocycles. The number of rotatable bonds is 6. The lowest BCUT2D eigenvalue weighted by Crippen LogP contribution is -2.28. The number of aromatic amines is 1. The van der Waals surface area contributed by atoms with E-state index in [2.05, 4.69) is 20.8 Å².